The first-order chi connectivity index (χ1) is 13.2. The van der Waals surface area contributed by atoms with Gasteiger partial charge in [-0.3, -0.25) is 4.79 Å². The molecule has 0 radical (unpaired) electrons. The highest BCUT2D eigenvalue weighted by Gasteiger charge is 2.17. The van der Waals surface area contributed by atoms with Crippen LogP contribution in [0.1, 0.15) is 23.0 Å². The second-order valence-electron chi connectivity index (χ2n) is 7.09. The molecule has 1 aromatic heterocycles. The zero-order valence-corrected chi connectivity index (χ0v) is 16.0. The summed E-state index contributed by atoms with van der Waals surface area (Å²) in [7, 11) is 0. The molecule has 27 heavy (non-hydrogen) atoms. The van der Waals surface area contributed by atoms with E-state index in [1.54, 1.807) is 0 Å². The van der Waals surface area contributed by atoms with Crippen molar-refractivity contribution in [2.24, 2.45) is 0 Å². The number of carbonyl (C=O) groups excluding carboxylic acids is 1. The number of aromatic amines is 1. The highest BCUT2D eigenvalue weighted by Crippen LogP contribution is 2.24. The number of hydrogen-bond donors (Lipinski definition) is 2. The van der Waals surface area contributed by atoms with E-state index < -0.39 is 0 Å². The molecule has 2 aromatic carbocycles. The Bertz CT molecular complexity index is 937. The molecule has 5 heteroatoms. The van der Waals surface area contributed by atoms with Crippen LogP contribution in [0.25, 0.3) is 10.9 Å². The third kappa shape index (κ3) is 3.55. The van der Waals surface area contributed by atoms with Crippen LogP contribution in [0.15, 0.2) is 48.5 Å². The Morgan fingerprint density at radius 3 is 2.44 bits per heavy atom. The molecule has 0 atom stereocenters. The molecule has 140 valence electrons. The number of nitrogens with one attached hydrogen (secondary N) is 2. The fourth-order valence-electron chi connectivity index (χ4n) is 3.84. The van der Waals surface area contributed by atoms with Gasteiger partial charge in [0.2, 0.25) is 0 Å². The molecule has 2 heterocycles. The lowest BCUT2D eigenvalue weighted by atomic mass is 10.1. The number of piperazine rings is 1. The van der Waals surface area contributed by atoms with Crippen molar-refractivity contribution >= 4 is 28.2 Å². The fraction of sp³-hybridized carbons (Fsp3) is 0.318. The Morgan fingerprint density at radius 2 is 1.74 bits per heavy atom. The molecular weight excluding hydrogens is 336 g/mol. The number of aromatic nitrogens is 1. The SMILES string of the molecule is CCN1CCN(c2ccc(NC(=O)c3c(C)[nH]c4ccccc34)cc2)CC1. The summed E-state index contributed by atoms with van der Waals surface area (Å²) < 4.78 is 0. The van der Waals surface area contributed by atoms with Gasteiger partial charge in [-0.25, -0.2) is 0 Å². The van der Waals surface area contributed by atoms with Gasteiger partial charge in [-0.1, -0.05) is 25.1 Å². The first-order valence-corrected chi connectivity index (χ1v) is 9.61. The quantitative estimate of drug-likeness (QED) is 0.741. The first-order valence-electron chi connectivity index (χ1n) is 9.61. The average molecular weight is 362 g/mol. The van der Waals surface area contributed by atoms with E-state index in [9.17, 15) is 4.79 Å². The predicted octanol–water partition coefficient (Wildman–Crippen LogP) is 3.87. The number of benzene rings is 2. The van der Waals surface area contributed by atoms with E-state index in [-0.39, 0.29) is 5.91 Å². The third-order valence-electron chi connectivity index (χ3n) is 5.43. The molecule has 5 nitrogen and oxygen atoms in total. The maximum atomic E-state index is 12.8. The van der Waals surface area contributed by atoms with Crippen molar-refractivity contribution in [3.63, 3.8) is 0 Å². The summed E-state index contributed by atoms with van der Waals surface area (Å²) in [5, 5.41) is 3.99. The summed E-state index contributed by atoms with van der Waals surface area (Å²) in [6, 6.07) is 16.1. The summed E-state index contributed by atoms with van der Waals surface area (Å²) in [5.41, 5.74) is 4.62. The fourth-order valence-corrected chi connectivity index (χ4v) is 3.84. The second kappa shape index (κ2) is 7.45. The topological polar surface area (TPSA) is 51.4 Å². The standard InChI is InChI=1S/C22H26N4O/c1-3-25-12-14-26(15-13-25)18-10-8-17(9-11-18)24-22(27)21-16(2)23-20-7-5-4-6-19(20)21/h4-11,23H,3,12-15H2,1-2H3,(H,24,27). The molecular formula is C22H26N4O. The average Bonchev–Trinajstić information content (AvgIpc) is 3.04. The second-order valence-corrected chi connectivity index (χ2v) is 7.09. The van der Waals surface area contributed by atoms with E-state index in [0.717, 1.165) is 55.0 Å². The van der Waals surface area contributed by atoms with E-state index in [4.69, 9.17) is 0 Å². The van der Waals surface area contributed by atoms with Crippen molar-refractivity contribution in [3.05, 3.63) is 59.8 Å². The number of H-pyrrole nitrogens is 1. The number of nitrogens with zero attached hydrogens (tertiary/aromatic N) is 2. The van der Waals surface area contributed by atoms with Gasteiger partial charge in [-0.2, -0.15) is 0 Å². The zero-order chi connectivity index (χ0) is 18.8. The Kier molecular flexibility index (Phi) is 4.86. The molecule has 1 amide bonds. The lowest BCUT2D eigenvalue weighted by Gasteiger charge is -2.35. The number of likely N-dealkylation sites (N-methyl/N-ethyl adjacent to an activating group) is 1. The lowest BCUT2D eigenvalue weighted by Crippen LogP contribution is -2.46. The van der Waals surface area contributed by atoms with Crippen molar-refractivity contribution < 1.29 is 4.79 Å². The van der Waals surface area contributed by atoms with Crippen LogP contribution in [0.2, 0.25) is 0 Å². The van der Waals surface area contributed by atoms with Gasteiger partial charge in [0.1, 0.15) is 0 Å². The molecule has 3 aromatic rings. The van der Waals surface area contributed by atoms with Crippen LogP contribution in [-0.2, 0) is 0 Å². The minimum Gasteiger partial charge on any atom is -0.369 e. The van der Waals surface area contributed by atoms with Crippen molar-refractivity contribution in [2.45, 2.75) is 13.8 Å². The van der Waals surface area contributed by atoms with Crippen LogP contribution in [-0.4, -0.2) is 48.5 Å². The number of fused-ring (bicyclic) bond motifs is 1. The molecule has 0 bridgehead atoms. The first kappa shape index (κ1) is 17.6. The smallest absolute Gasteiger partial charge is 0.258 e. The molecule has 2 N–H and O–H groups in total. The van der Waals surface area contributed by atoms with E-state index in [1.165, 1.54) is 5.69 Å². The van der Waals surface area contributed by atoms with Gasteiger partial charge in [0.05, 0.1) is 5.56 Å². The van der Waals surface area contributed by atoms with Crippen LogP contribution in [0.3, 0.4) is 0 Å². The predicted molar refractivity (Wildman–Crippen MR) is 112 cm³/mol. The van der Waals surface area contributed by atoms with Gasteiger partial charge in [0, 0.05) is 54.2 Å². The van der Waals surface area contributed by atoms with E-state index in [1.807, 2.05) is 43.3 Å². The van der Waals surface area contributed by atoms with Gasteiger partial charge < -0.3 is 20.1 Å². The molecule has 0 spiro atoms. The third-order valence-corrected chi connectivity index (χ3v) is 5.43. The summed E-state index contributed by atoms with van der Waals surface area (Å²) in [6.07, 6.45) is 0. The lowest BCUT2D eigenvalue weighted by molar-refractivity contribution is 0.102. The summed E-state index contributed by atoms with van der Waals surface area (Å²) in [5.74, 6) is -0.0748. The van der Waals surface area contributed by atoms with E-state index in [0.29, 0.717) is 5.56 Å². The van der Waals surface area contributed by atoms with Gasteiger partial charge in [0.15, 0.2) is 0 Å². The molecule has 0 unspecified atom stereocenters. The van der Waals surface area contributed by atoms with Crippen LogP contribution in [0.4, 0.5) is 11.4 Å². The number of amides is 1. The van der Waals surface area contributed by atoms with Gasteiger partial charge in [-0.15, -0.1) is 0 Å². The number of para-hydroxylation sites is 1. The highest BCUT2D eigenvalue weighted by molar-refractivity contribution is 6.13. The summed E-state index contributed by atoms with van der Waals surface area (Å²) >= 11 is 0. The zero-order valence-electron chi connectivity index (χ0n) is 16.0. The van der Waals surface area contributed by atoms with Gasteiger partial charge >= 0.3 is 0 Å². The molecule has 0 saturated carbocycles. The largest absolute Gasteiger partial charge is 0.369 e. The number of carbonyl (C=O) groups is 1. The van der Waals surface area contributed by atoms with Crippen molar-refractivity contribution in [2.75, 3.05) is 42.9 Å². The highest BCUT2D eigenvalue weighted by atomic mass is 16.1. The van der Waals surface area contributed by atoms with Gasteiger partial charge in [-0.05, 0) is 43.8 Å². The maximum Gasteiger partial charge on any atom is 0.258 e. The summed E-state index contributed by atoms with van der Waals surface area (Å²) in [6.45, 7) is 9.58. The monoisotopic (exact) mass is 362 g/mol. The van der Waals surface area contributed by atoms with Crippen molar-refractivity contribution in [1.82, 2.24) is 9.88 Å². The Hall–Kier alpha value is -2.79. The normalized spacial score (nSPS) is 15.3. The minimum absolute atomic E-state index is 0.0748. The number of hydrogen-bond acceptors (Lipinski definition) is 3. The van der Waals surface area contributed by atoms with Crippen LogP contribution in [0, 0.1) is 6.92 Å². The minimum atomic E-state index is -0.0748. The number of rotatable bonds is 4. The van der Waals surface area contributed by atoms with Gasteiger partial charge in [0.25, 0.3) is 5.91 Å². The number of anilines is 2. The Labute approximate surface area is 160 Å². The van der Waals surface area contributed by atoms with E-state index >= 15 is 0 Å². The molecule has 1 aliphatic rings. The van der Waals surface area contributed by atoms with Crippen LogP contribution < -0.4 is 10.2 Å². The number of aryl methyl sites for hydroxylation is 1. The maximum absolute atomic E-state index is 12.8. The van der Waals surface area contributed by atoms with E-state index in [2.05, 4.69) is 39.2 Å². The molecule has 1 saturated heterocycles. The van der Waals surface area contributed by atoms with Crippen molar-refractivity contribution in [1.29, 1.82) is 0 Å². The summed E-state index contributed by atoms with van der Waals surface area (Å²) in [4.78, 5) is 21.0. The molecule has 1 aliphatic heterocycles. The molecule has 0 aliphatic carbocycles. The Balaban J connectivity index is 1.47. The van der Waals surface area contributed by atoms with Crippen LogP contribution in [0.5, 0.6) is 0 Å². The molecule has 4 rings (SSSR count). The van der Waals surface area contributed by atoms with Crippen molar-refractivity contribution in [3.8, 4) is 0 Å². The Morgan fingerprint density at radius 1 is 1.04 bits per heavy atom. The van der Waals surface area contributed by atoms with Crippen LogP contribution >= 0.6 is 0 Å². The molecule has 1 fully saturated rings.